The van der Waals surface area contributed by atoms with Gasteiger partial charge in [0.2, 0.25) is 0 Å². The molecule has 1 atom stereocenters. The smallest absolute Gasteiger partial charge is 0.332 e. The third-order valence-electron chi connectivity index (χ3n) is 4.57. The van der Waals surface area contributed by atoms with E-state index < -0.39 is 11.6 Å². The summed E-state index contributed by atoms with van der Waals surface area (Å²) in [5.41, 5.74) is 0.0725. The molecule has 2 aromatic carbocycles. The molecule has 0 aromatic heterocycles. The predicted octanol–water partition coefficient (Wildman–Crippen LogP) is 4.52. The van der Waals surface area contributed by atoms with Crippen LogP contribution in [0, 0.1) is 0 Å². The van der Waals surface area contributed by atoms with Gasteiger partial charge in [-0.3, -0.25) is 4.79 Å². The van der Waals surface area contributed by atoms with E-state index in [4.69, 9.17) is 23.2 Å². The lowest BCUT2D eigenvalue weighted by atomic mass is 9.91. The molecule has 0 radical (unpaired) electrons. The highest BCUT2D eigenvalue weighted by atomic mass is 79.9. The van der Waals surface area contributed by atoms with E-state index in [-0.39, 0.29) is 19.1 Å². The van der Waals surface area contributed by atoms with Crippen LogP contribution in [-0.2, 0) is 11.2 Å². The maximum Gasteiger partial charge on any atom is 0.332 e. The standard InChI is InChI=1S/C19H17BrCl2N2O3/c1-19(11-12-2-4-13(20)5-3-12)17(26)24(18(27)23(19)6-7-25)16-9-14(21)8-15(22)10-16/h2-5,8-10,25H,6-7,11H2,1H3. The Morgan fingerprint density at radius 1 is 1.07 bits per heavy atom. The number of nitrogens with zero attached hydrogens (tertiary/aromatic N) is 2. The van der Waals surface area contributed by atoms with Crippen molar-refractivity contribution in [3.63, 3.8) is 0 Å². The summed E-state index contributed by atoms with van der Waals surface area (Å²) in [6.45, 7) is 1.50. The molecule has 0 bridgehead atoms. The Kier molecular flexibility index (Phi) is 5.82. The van der Waals surface area contributed by atoms with E-state index in [1.165, 1.54) is 23.1 Å². The van der Waals surface area contributed by atoms with Gasteiger partial charge in [0.25, 0.3) is 5.91 Å². The first kappa shape index (κ1) is 20.1. The van der Waals surface area contributed by atoms with Crippen LogP contribution in [0.3, 0.4) is 0 Å². The molecule has 1 heterocycles. The quantitative estimate of drug-likeness (QED) is 0.652. The van der Waals surface area contributed by atoms with Gasteiger partial charge in [-0.25, -0.2) is 9.69 Å². The molecular weight excluding hydrogens is 455 g/mol. The van der Waals surface area contributed by atoms with Crippen molar-refractivity contribution in [1.29, 1.82) is 0 Å². The molecule has 1 unspecified atom stereocenters. The molecule has 3 amide bonds. The predicted molar refractivity (Wildman–Crippen MR) is 109 cm³/mol. The number of imide groups is 1. The number of benzene rings is 2. The summed E-state index contributed by atoms with van der Waals surface area (Å²) in [5.74, 6) is -0.387. The number of aliphatic hydroxyl groups is 1. The van der Waals surface area contributed by atoms with Crippen LogP contribution in [0.5, 0.6) is 0 Å². The van der Waals surface area contributed by atoms with Gasteiger partial charge in [-0.1, -0.05) is 51.3 Å². The SMILES string of the molecule is CC1(Cc2ccc(Br)cc2)C(=O)N(c2cc(Cl)cc(Cl)c2)C(=O)N1CCO. The largest absolute Gasteiger partial charge is 0.395 e. The Bertz CT molecular complexity index is 871. The van der Waals surface area contributed by atoms with Crippen molar-refractivity contribution in [3.8, 4) is 0 Å². The van der Waals surface area contributed by atoms with Crippen molar-refractivity contribution >= 4 is 56.8 Å². The van der Waals surface area contributed by atoms with Crippen molar-refractivity contribution < 1.29 is 14.7 Å². The second kappa shape index (κ2) is 7.80. The van der Waals surface area contributed by atoms with Gasteiger partial charge in [-0.2, -0.15) is 0 Å². The van der Waals surface area contributed by atoms with Crippen LogP contribution < -0.4 is 4.90 Å². The summed E-state index contributed by atoms with van der Waals surface area (Å²) < 4.78 is 0.924. The number of rotatable bonds is 5. The van der Waals surface area contributed by atoms with Crippen molar-refractivity contribution in [2.24, 2.45) is 0 Å². The van der Waals surface area contributed by atoms with Gasteiger partial charge in [0.15, 0.2) is 0 Å². The van der Waals surface area contributed by atoms with Crippen LogP contribution in [0.15, 0.2) is 46.9 Å². The van der Waals surface area contributed by atoms with Crippen molar-refractivity contribution in [2.75, 3.05) is 18.1 Å². The monoisotopic (exact) mass is 470 g/mol. The van der Waals surface area contributed by atoms with Crippen LogP contribution >= 0.6 is 39.1 Å². The fourth-order valence-electron chi connectivity index (χ4n) is 3.28. The molecular formula is C19H17BrCl2N2O3. The Morgan fingerprint density at radius 2 is 1.67 bits per heavy atom. The molecule has 0 spiro atoms. The summed E-state index contributed by atoms with van der Waals surface area (Å²) in [6, 6.07) is 11.6. The number of halogens is 3. The minimum Gasteiger partial charge on any atom is -0.395 e. The number of anilines is 1. The van der Waals surface area contributed by atoms with Gasteiger partial charge in [0.1, 0.15) is 5.54 Å². The molecule has 8 heteroatoms. The van der Waals surface area contributed by atoms with Crippen LogP contribution in [-0.4, -0.2) is 40.6 Å². The van der Waals surface area contributed by atoms with Gasteiger partial charge in [-0.05, 0) is 42.8 Å². The number of amides is 3. The molecule has 5 nitrogen and oxygen atoms in total. The first-order valence-corrected chi connectivity index (χ1v) is 9.79. The highest BCUT2D eigenvalue weighted by molar-refractivity contribution is 9.10. The molecule has 0 aliphatic carbocycles. The van der Waals surface area contributed by atoms with Crippen molar-refractivity contribution in [1.82, 2.24) is 4.90 Å². The fraction of sp³-hybridized carbons (Fsp3) is 0.263. The summed E-state index contributed by atoms with van der Waals surface area (Å²) >= 11 is 15.5. The maximum absolute atomic E-state index is 13.3. The lowest BCUT2D eigenvalue weighted by molar-refractivity contribution is -0.124. The number of carbonyl (C=O) groups excluding carboxylic acids is 2. The van der Waals surface area contributed by atoms with E-state index >= 15 is 0 Å². The van der Waals surface area contributed by atoms with Crippen molar-refractivity contribution in [3.05, 3.63) is 62.5 Å². The molecule has 27 heavy (non-hydrogen) atoms. The summed E-state index contributed by atoms with van der Waals surface area (Å²) in [6.07, 6.45) is 0.315. The van der Waals surface area contributed by atoms with Crippen LogP contribution in [0.25, 0.3) is 0 Å². The minimum atomic E-state index is -1.14. The second-order valence-electron chi connectivity index (χ2n) is 6.50. The molecule has 0 saturated carbocycles. The molecule has 1 saturated heterocycles. The molecule has 142 valence electrons. The number of hydrogen-bond acceptors (Lipinski definition) is 3. The van der Waals surface area contributed by atoms with E-state index in [0.717, 1.165) is 14.9 Å². The molecule has 2 aromatic rings. The number of hydrogen-bond donors (Lipinski definition) is 1. The Hall–Kier alpha value is -1.60. The highest BCUT2D eigenvalue weighted by Gasteiger charge is 2.54. The number of urea groups is 1. The zero-order valence-electron chi connectivity index (χ0n) is 14.5. The first-order chi connectivity index (χ1) is 12.8. The van der Waals surface area contributed by atoms with Crippen molar-refractivity contribution in [2.45, 2.75) is 18.9 Å². The third-order valence-corrected chi connectivity index (χ3v) is 5.54. The topological polar surface area (TPSA) is 60.9 Å². The summed E-state index contributed by atoms with van der Waals surface area (Å²) in [4.78, 5) is 28.8. The van der Waals surface area contributed by atoms with Gasteiger partial charge in [0.05, 0.1) is 12.3 Å². The lowest BCUT2D eigenvalue weighted by Crippen LogP contribution is -2.49. The molecule has 3 rings (SSSR count). The third kappa shape index (κ3) is 3.85. The van der Waals surface area contributed by atoms with Crippen LogP contribution in [0.1, 0.15) is 12.5 Å². The number of β-amino-alcohol motifs (C(OH)–C–C–N with tert-alkyl or cyclic N) is 1. The van der Waals surface area contributed by atoms with Crippen LogP contribution in [0.2, 0.25) is 10.0 Å². The fourth-order valence-corrected chi connectivity index (χ4v) is 4.06. The van der Waals surface area contributed by atoms with E-state index in [1.54, 1.807) is 6.92 Å². The van der Waals surface area contributed by atoms with E-state index in [2.05, 4.69) is 15.9 Å². The average Bonchev–Trinajstić information content (AvgIpc) is 2.77. The lowest BCUT2D eigenvalue weighted by Gasteiger charge is -2.31. The minimum absolute atomic E-state index is 0.0440. The average molecular weight is 472 g/mol. The zero-order valence-corrected chi connectivity index (χ0v) is 17.6. The zero-order chi connectivity index (χ0) is 19.8. The van der Waals surface area contributed by atoms with E-state index in [1.807, 2.05) is 24.3 Å². The molecule has 1 aliphatic heterocycles. The summed E-state index contributed by atoms with van der Waals surface area (Å²) in [7, 11) is 0. The second-order valence-corrected chi connectivity index (χ2v) is 8.29. The van der Waals surface area contributed by atoms with Gasteiger partial charge in [-0.15, -0.1) is 0 Å². The van der Waals surface area contributed by atoms with E-state index in [0.29, 0.717) is 22.2 Å². The Labute approximate surface area is 175 Å². The molecule has 1 fully saturated rings. The normalized spacial score (nSPS) is 19.9. The maximum atomic E-state index is 13.3. The molecule has 1 aliphatic rings. The van der Waals surface area contributed by atoms with Gasteiger partial charge >= 0.3 is 6.03 Å². The molecule has 1 N–H and O–H groups in total. The Balaban J connectivity index is 2.02. The summed E-state index contributed by atoms with van der Waals surface area (Å²) in [5, 5.41) is 10.1. The van der Waals surface area contributed by atoms with Gasteiger partial charge < -0.3 is 10.0 Å². The number of carbonyl (C=O) groups is 2. The Morgan fingerprint density at radius 3 is 2.22 bits per heavy atom. The highest BCUT2D eigenvalue weighted by Crippen LogP contribution is 2.36. The van der Waals surface area contributed by atoms with Gasteiger partial charge in [0, 0.05) is 27.5 Å². The van der Waals surface area contributed by atoms with E-state index in [9.17, 15) is 14.7 Å². The first-order valence-electron chi connectivity index (χ1n) is 8.24. The number of aliphatic hydroxyl groups excluding tert-OH is 1. The van der Waals surface area contributed by atoms with Crippen LogP contribution in [0.4, 0.5) is 10.5 Å².